The summed E-state index contributed by atoms with van der Waals surface area (Å²) in [6.45, 7) is 8.58. The van der Waals surface area contributed by atoms with Crippen LogP contribution in [0.25, 0.3) is 10.2 Å². The fourth-order valence-corrected chi connectivity index (χ4v) is 6.91. The molecule has 0 saturated carbocycles. The monoisotopic (exact) mass is 550 g/mol. The number of carbonyl (C=O) groups is 1. The zero-order valence-corrected chi connectivity index (χ0v) is 23.5. The number of hydrogen-bond acceptors (Lipinski definition) is 10. The van der Waals surface area contributed by atoms with E-state index in [1.807, 2.05) is 24.5 Å². The Balaban J connectivity index is 1.18. The molecule has 6 rings (SSSR count). The number of Topliss-reactive ketones (excluding diaryl/α,β-unsaturated/α-hetero) is 1. The number of benzene rings is 1. The first-order chi connectivity index (χ1) is 19.2. The molecule has 5 heterocycles. The standard InChI is InChI=1S/C29H38N6O3S/c1-2-3-20-18-31-28(32-19-20)35-12-8-22(9-13-35)38-29-33-24-5-4-23(26(36)21-6-10-30-11-7-21)25(27(24)39-29)34-14-16-37-17-15-34/h4-5,18-19,21-22,30H,2-3,6-17H2,1H3. The normalized spacial score (nSPS) is 19.5. The Hall–Kier alpha value is -2.82. The van der Waals surface area contributed by atoms with Gasteiger partial charge in [0.1, 0.15) is 6.10 Å². The van der Waals surface area contributed by atoms with Gasteiger partial charge in [-0.15, -0.1) is 0 Å². The number of piperidine rings is 2. The van der Waals surface area contributed by atoms with Crippen molar-refractivity contribution in [3.8, 4) is 5.19 Å². The quantitative estimate of drug-likeness (QED) is 0.416. The third-order valence-electron chi connectivity index (χ3n) is 8.04. The first kappa shape index (κ1) is 26.4. The first-order valence-electron chi connectivity index (χ1n) is 14.4. The van der Waals surface area contributed by atoms with Crippen molar-refractivity contribution in [3.63, 3.8) is 0 Å². The van der Waals surface area contributed by atoms with E-state index in [0.29, 0.717) is 18.4 Å². The van der Waals surface area contributed by atoms with Crippen molar-refractivity contribution in [1.29, 1.82) is 0 Å². The fraction of sp³-hybridized carbons (Fsp3) is 0.586. The lowest BCUT2D eigenvalue weighted by Crippen LogP contribution is -2.39. The zero-order chi connectivity index (χ0) is 26.6. The smallest absolute Gasteiger partial charge is 0.274 e. The molecule has 0 radical (unpaired) electrons. The summed E-state index contributed by atoms with van der Waals surface area (Å²) in [5.74, 6) is 1.13. The summed E-state index contributed by atoms with van der Waals surface area (Å²) in [6, 6.07) is 3.99. The molecular formula is C29H38N6O3S. The van der Waals surface area contributed by atoms with E-state index >= 15 is 0 Å². The maximum Gasteiger partial charge on any atom is 0.274 e. The van der Waals surface area contributed by atoms with E-state index in [0.717, 1.165) is 105 Å². The van der Waals surface area contributed by atoms with Gasteiger partial charge in [-0.25, -0.2) is 15.0 Å². The van der Waals surface area contributed by atoms with Crippen molar-refractivity contribution in [2.24, 2.45) is 5.92 Å². The number of thiazole rings is 1. The molecule has 1 aromatic carbocycles. The van der Waals surface area contributed by atoms with E-state index < -0.39 is 0 Å². The molecule has 3 fully saturated rings. The molecule has 0 amide bonds. The molecule has 3 aliphatic rings. The van der Waals surface area contributed by atoms with E-state index in [1.165, 1.54) is 5.56 Å². The number of hydrogen-bond donors (Lipinski definition) is 1. The Kier molecular flexibility index (Phi) is 8.22. The van der Waals surface area contributed by atoms with Crippen LogP contribution in [0.1, 0.15) is 54.9 Å². The summed E-state index contributed by atoms with van der Waals surface area (Å²) in [6.07, 6.45) is 9.69. The van der Waals surface area contributed by atoms with Gasteiger partial charge in [0.2, 0.25) is 5.95 Å². The number of ketones is 1. The molecular weight excluding hydrogens is 512 g/mol. The number of nitrogens with one attached hydrogen (secondary N) is 1. The van der Waals surface area contributed by atoms with Crippen LogP contribution < -0.4 is 19.9 Å². The van der Waals surface area contributed by atoms with Crippen molar-refractivity contribution < 1.29 is 14.3 Å². The van der Waals surface area contributed by atoms with Crippen molar-refractivity contribution in [2.75, 3.05) is 62.3 Å². The molecule has 0 unspecified atom stereocenters. The lowest BCUT2D eigenvalue weighted by Gasteiger charge is -2.32. The predicted molar refractivity (Wildman–Crippen MR) is 154 cm³/mol. The highest BCUT2D eigenvalue weighted by atomic mass is 32.1. The molecule has 0 spiro atoms. The molecule has 1 N–H and O–H groups in total. The summed E-state index contributed by atoms with van der Waals surface area (Å²) in [7, 11) is 0. The Morgan fingerprint density at radius 3 is 2.51 bits per heavy atom. The summed E-state index contributed by atoms with van der Waals surface area (Å²) >= 11 is 1.57. The lowest BCUT2D eigenvalue weighted by molar-refractivity contribution is 0.0894. The average Bonchev–Trinajstić information content (AvgIpc) is 3.40. The molecule has 10 heteroatoms. The van der Waals surface area contributed by atoms with Crippen LogP contribution in [0.4, 0.5) is 11.6 Å². The number of fused-ring (bicyclic) bond motifs is 1. The minimum atomic E-state index is 0.0733. The minimum absolute atomic E-state index is 0.0733. The molecule has 39 heavy (non-hydrogen) atoms. The van der Waals surface area contributed by atoms with E-state index in [-0.39, 0.29) is 17.8 Å². The van der Waals surface area contributed by atoms with Gasteiger partial charge >= 0.3 is 0 Å². The summed E-state index contributed by atoms with van der Waals surface area (Å²) in [5, 5.41) is 4.06. The van der Waals surface area contributed by atoms with Crippen LogP contribution in [-0.4, -0.2) is 79.3 Å². The maximum absolute atomic E-state index is 13.7. The minimum Gasteiger partial charge on any atom is -0.467 e. The van der Waals surface area contributed by atoms with Crippen molar-refractivity contribution in [2.45, 2.75) is 51.6 Å². The van der Waals surface area contributed by atoms with Crippen LogP contribution in [0.5, 0.6) is 5.19 Å². The number of aryl methyl sites for hydroxylation is 1. The number of ether oxygens (including phenoxy) is 2. The number of anilines is 2. The summed E-state index contributed by atoms with van der Waals surface area (Å²) in [4.78, 5) is 32.3. The molecule has 3 saturated heterocycles. The van der Waals surface area contributed by atoms with Crippen LogP contribution in [0, 0.1) is 5.92 Å². The van der Waals surface area contributed by atoms with Crippen LogP contribution in [0.15, 0.2) is 24.5 Å². The summed E-state index contributed by atoms with van der Waals surface area (Å²) in [5.41, 5.74) is 3.93. The third-order valence-corrected chi connectivity index (χ3v) is 9.01. The van der Waals surface area contributed by atoms with Gasteiger partial charge in [-0.1, -0.05) is 24.7 Å². The van der Waals surface area contributed by atoms with Gasteiger partial charge in [0.25, 0.3) is 5.19 Å². The number of aromatic nitrogens is 3. The molecule has 0 aliphatic carbocycles. The number of carbonyl (C=O) groups excluding carboxylic acids is 1. The van der Waals surface area contributed by atoms with Crippen LogP contribution in [0.2, 0.25) is 0 Å². The van der Waals surface area contributed by atoms with Gasteiger partial charge in [-0.2, -0.15) is 0 Å². The number of nitrogens with zero attached hydrogens (tertiary/aromatic N) is 5. The van der Waals surface area contributed by atoms with Crippen LogP contribution in [-0.2, 0) is 11.2 Å². The second-order valence-electron chi connectivity index (χ2n) is 10.7. The third kappa shape index (κ3) is 5.88. The van der Waals surface area contributed by atoms with E-state index in [9.17, 15) is 4.79 Å². The van der Waals surface area contributed by atoms with E-state index in [4.69, 9.17) is 14.5 Å². The van der Waals surface area contributed by atoms with Gasteiger partial charge < -0.3 is 24.6 Å². The molecule has 0 bridgehead atoms. The highest BCUT2D eigenvalue weighted by Crippen LogP contribution is 2.40. The first-order valence-corrected chi connectivity index (χ1v) is 15.2. The van der Waals surface area contributed by atoms with Gasteiger partial charge in [0.15, 0.2) is 5.78 Å². The van der Waals surface area contributed by atoms with Crippen molar-refractivity contribution >= 4 is 39.0 Å². The molecule has 208 valence electrons. The molecule has 2 aromatic heterocycles. The maximum atomic E-state index is 13.7. The van der Waals surface area contributed by atoms with Gasteiger partial charge in [-0.3, -0.25) is 4.79 Å². The van der Waals surface area contributed by atoms with Gasteiger partial charge in [0.05, 0.1) is 29.1 Å². The topological polar surface area (TPSA) is 92.7 Å². The van der Waals surface area contributed by atoms with Crippen LogP contribution >= 0.6 is 11.3 Å². The highest BCUT2D eigenvalue weighted by molar-refractivity contribution is 7.20. The number of morpholine rings is 1. The Labute approximate surface area is 233 Å². The SMILES string of the molecule is CCCc1cnc(N2CCC(Oc3nc4ccc(C(=O)C5CCNCC5)c(N5CCOCC5)c4s3)CC2)nc1. The lowest BCUT2D eigenvalue weighted by atomic mass is 9.88. The molecule has 9 nitrogen and oxygen atoms in total. The molecule has 3 aliphatic heterocycles. The summed E-state index contributed by atoms with van der Waals surface area (Å²) < 4.78 is 13.1. The zero-order valence-electron chi connectivity index (χ0n) is 22.7. The second kappa shape index (κ2) is 12.1. The predicted octanol–water partition coefficient (Wildman–Crippen LogP) is 4.11. The fourth-order valence-electron chi connectivity index (χ4n) is 5.86. The Morgan fingerprint density at radius 2 is 1.79 bits per heavy atom. The highest BCUT2D eigenvalue weighted by Gasteiger charge is 2.30. The Bertz CT molecular complexity index is 1260. The van der Waals surface area contributed by atoms with Crippen molar-refractivity contribution in [1.82, 2.24) is 20.3 Å². The molecule has 3 aromatic rings. The molecule has 0 atom stereocenters. The second-order valence-corrected chi connectivity index (χ2v) is 11.7. The van der Waals surface area contributed by atoms with Crippen LogP contribution in [0.3, 0.4) is 0 Å². The van der Waals surface area contributed by atoms with Gasteiger partial charge in [-0.05, 0) is 50.0 Å². The number of rotatable bonds is 8. The van der Waals surface area contributed by atoms with Gasteiger partial charge in [0, 0.05) is 62.9 Å². The average molecular weight is 551 g/mol. The van der Waals surface area contributed by atoms with E-state index in [1.54, 1.807) is 11.3 Å². The Morgan fingerprint density at radius 1 is 1.05 bits per heavy atom. The largest absolute Gasteiger partial charge is 0.467 e. The van der Waals surface area contributed by atoms with Crippen molar-refractivity contribution in [3.05, 3.63) is 35.7 Å². The van der Waals surface area contributed by atoms with E-state index in [2.05, 4.69) is 32.0 Å².